The van der Waals surface area contributed by atoms with Gasteiger partial charge in [0.1, 0.15) is 5.60 Å². The summed E-state index contributed by atoms with van der Waals surface area (Å²) in [4.78, 5) is 11.7. The second kappa shape index (κ2) is 5.55. The molecule has 2 rings (SSSR count). The Balaban J connectivity index is 2.66. The Kier molecular flexibility index (Phi) is 4.31. The molecule has 1 aromatic rings. The van der Waals surface area contributed by atoms with Crippen LogP contribution in [0.4, 0.5) is 22.0 Å². The third-order valence-corrected chi connectivity index (χ3v) is 4.49. The molecule has 0 spiro atoms. The molecule has 0 bridgehead atoms. The second-order valence-electron chi connectivity index (χ2n) is 6.33. The SMILES string of the molecule is COC(=O)[C@H]1C[C@@]1(O[Si](C)(C)C)c1c(F)c(F)c(F)c(F)c1F. The highest BCUT2D eigenvalue weighted by Gasteiger charge is 2.65. The fourth-order valence-corrected chi connectivity index (χ4v) is 4.04. The lowest BCUT2D eigenvalue weighted by Gasteiger charge is -2.28. The van der Waals surface area contributed by atoms with Crippen LogP contribution in [0.15, 0.2) is 0 Å². The number of halogens is 5. The molecular formula is C14H15F5O3Si. The van der Waals surface area contributed by atoms with Gasteiger partial charge in [-0.1, -0.05) is 0 Å². The van der Waals surface area contributed by atoms with Gasteiger partial charge in [0, 0.05) is 0 Å². The molecule has 0 saturated heterocycles. The van der Waals surface area contributed by atoms with Crippen LogP contribution >= 0.6 is 0 Å². The zero-order chi connectivity index (χ0) is 17.7. The van der Waals surface area contributed by atoms with Crippen LogP contribution in [0, 0.1) is 35.0 Å². The normalized spacial score (nSPS) is 23.8. The quantitative estimate of drug-likeness (QED) is 0.272. The molecule has 0 heterocycles. The van der Waals surface area contributed by atoms with E-state index in [1.54, 1.807) is 19.6 Å². The van der Waals surface area contributed by atoms with Crippen LogP contribution in [0.3, 0.4) is 0 Å². The Bertz CT molecular complexity index is 644. The van der Waals surface area contributed by atoms with Gasteiger partial charge in [0.05, 0.1) is 18.6 Å². The molecule has 1 saturated carbocycles. The maximum Gasteiger partial charge on any atom is 0.312 e. The molecule has 2 atom stereocenters. The fourth-order valence-electron chi connectivity index (χ4n) is 2.62. The molecule has 1 fully saturated rings. The summed E-state index contributed by atoms with van der Waals surface area (Å²) in [6.45, 7) is 5.02. The van der Waals surface area contributed by atoms with Crippen LogP contribution < -0.4 is 0 Å². The number of carbonyl (C=O) groups is 1. The van der Waals surface area contributed by atoms with Crippen LogP contribution in [0.2, 0.25) is 19.6 Å². The van der Waals surface area contributed by atoms with Gasteiger partial charge in [-0.3, -0.25) is 4.79 Å². The van der Waals surface area contributed by atoms with E-state index in [-0.39, 0.29) is 6.42 Å². The second-order valence-corrected chi connectivity index (χ2v) is 10.8. The number of hydrogen-bond acceptors (Lipinski definition) is 3. The fraction of sp³-hybridized carbons (Fsp3) is 0.500. The van der Waals surface area contributed by atoms with E-state index >= 15 is 0 Å². The molecule has 0 radical (unpaired) electrons. The lowest BCUT2D eigenvalue weighted by Crippen LogP contribution is -2.36. The summed E-state index contributed by atoms with van der Waals surface area (Å²) in [5, 5.41) is 0. The highest BCUT2D eigenvalue weighted by atomic mass is 28.4. The van der Waals surface area contributed by atoms with E-state index in [0.717, 1.165) is 7.11 Å². The van der Waals surface area contributed by atoms with Gasteiger partial charge in [-0.2, -0.15) is 0 Å². The van der Waals surface area contributed by atoms with E-state index in [9.17, 15) is 26.7 Å². The van der Waals surface area contributed by atoms with Crippen molar-refractivity contribution >= 4 is 14.3 Å². The largest absolute Gasteiger partial charge is 0.469 e. The zero-order valence-electron chi connectivity index (χ0n) is 12.9. The van der Waals surface area contributed by atoms with E-state index in [4.69, 9.17) is 4.43 Å². The average molecular weight is 354 g/mol. The molecule has 23 heavy (non-hydrogen) atoms. The topological polar surface area (TPSA) is 35.5 Å². The number of methoxy groups -OCH3 is 1. The third kappa shape index (κ3) is 2.87. The maximum atomic E-state index is 14.1. The third-order valence-electron chi connectivity index (χ3n) is 3.52. The number of ether oxygens (including phenoxy) is 1. The van der Waals surface area contributed by atoms with Gasteiger partial charge in [0.25, 0.3) is 0 Å². The molecule has 0 N–H and O–H groups in total. The van der Waals surface area contributed by atoms with Crippen molar-refractivity contribution in [3.63, 3.8) is 0 Å². The molecule has 0 unspecified atom stereocenters. The molecule has 1 aromatic carbocycles. The summed E-state index contributed by atoms with van der Waals surface area (Å²) in [6.07, 6.45) is -0.206. The van der Waals surface area contributed by atoms with Crippen LogP contribution in [0.25, 0.3) is 0 Å². The summed E-state index contributed by atoms with van der Waals surface area (Å²) in [5.74, 6) is -12.3. The first kappa shape index (κ1) is 17.9. The Morgan fingerprint density at radius 2 is 1.43 bits per heavy atom. The Hall–Kier alpha value is -1.48. The number of carbonyl (C=O) groups excluding carboxylic acids is 1. The highest BCUT2D eigenvalue weighted by Crippen LogP contribution is 2.58. The van der Waals surface area contributed by atoms with E-state index in [0.29, 0.717) is 0 Å². The summed E-state index contributed by atoms with van der Waals surface area (Å²) >= 11 is 0. The van der Waals surface area contributed by atoms with Crippen LogP contribution in [-0.4, -0.2) is 21.4 Å². The zero-order valence-corrected chi connectivity index (χ0v) is 13.9. The molecule has 3 nitrogen and oxygen atoms in total. The minimum atomic E-state index is -2.49. The first-order valence-electron chi connectivity index (χ1n) is 6.76. The minimum Gasteiger partial charge on any atom is -0.469 e. The van der Waals surface area contributed by atoms with Crippen molar-refractivity contribution in [2.75, 3.05) is 7.11 Å². The molecule has 128 valence electrons. The lowest BCUT2D eigenvalue weighted by atomic mass is 10.0. The Morgan fingerprint density at radius 1 is 1.00 bits per heavy atom. The van der Waals surface area contributed by atoms with Crippen LogP contribution in [-0.2, 0) is 19.6 Å². The van der Waals surface area contributed by atoms with Crippen molar-refractivity contribution in [2.24, 2.45) is 5.92 Å². The minimum absolute atomic E-state index is 0.206. The van der Waals surface area contributed by atoms with Crippen molar-refractivity contribution < 1.29 is 35.9 Å². The Morgan fingerprint density at radius 3 is 1.83 bits per heavy atom. The number of benzene rings is 1. The maximum absolute atomic E-state index is 14.1. The molecule has 0 aliphatic heterocycles. The average Bonchev–Trinajstić information content (AvgIpc) is 3.14. The standard InChI is InChI=1S/C14H15F5O3Si/c1-21-13(20)6-5-14(6,22-23(2,3)4)7-8(15)10(17)12(19)11(18)9(7)16/h6H,5H2,1-4H3/t6-,14+/m1/s1. The van der Waals surface area contributed by atoms with E-state index in [1.807, 2.05) is 0 Å². The van der Waals surface area contributed by atoms with Gasteiger partial charge < -0.3 is 9.16 Å². The van der Waals surface area contributed by atoms with Gasteiger partial charge in [0.2, 0.25) is 5.82 Å². The molecular weight excluding hydrogens is 339 g/mol. The first-order valence-corrected chi connectivity index (χ1v) is 10.2. The summed E-state index contributed by atoms with van der Waals surface area (Å²) in [6, 6.07) is 0. The van der Waals surface area contributed by atoms with Crippen molar-refractivity contribution in [1.82, 2.24) is 0 Å². The molecule has 1 aliphatic carbocycles. The van der Waals surface area contributed by atoms with Crippen molar-refractivity contribution in [3.05, 3.63) is 34.6 Å². The smallest absolute Gasteiger partial charge is 0.312 e. The van der Waals surface area contributed by atoms with E-state index in [1.165, 1.54) is 0 Å². The number of rotatable bonds is 4. The molecule has 0 amide bonds. The summed E-state index contributed by atoms with van der Waals surface area (Å²) < 4.78 is 78.6. The van der Waals surface area contributed by atoms with Gasteiger partial charge in [0.15, 0.2) is 31.6 Å². The van der Waals surface area contributed by atoms with Gasteiger partial charge in [-0.25, -0.2) is 22.0 Å². The number of esters is 1. The van der Waals surface area contributed by atoms with Crippen molar-refractivity contribution in [3.8, 4) is 0 Å². The van der Waals surface area contributed by atoms with Crippen LogP contribution in [0.5, 0.6) is 0 Å². The molecule has 0 aromatic heterocycles. The number of hydrogen-bond donors (Lipinski definition) is 0. The van der Waals surface area contributed by atoms with Gasteiger partial charge >= 0.3 is 5.97 Å². The Labute approximate surface area is 130 Å². The molecule has 1 aliphatic rings. The van der Waals surface area contributed by atoms with E-state index < -0.39 is 60.5 Å². The first-order chi connectivity index (χ1) is 10.5. The predicted octanol–water partition coefficient (Wildman–Crippen LogP) is 3.62. The van der Waals surface area contributed by atoms with Gasteiger partial charge in [-0.05, 0) is 26.1 Å². The van der Waals surface area contributed by atoms with Gasteiger partial charge in [-0.15, -0.1) is 0 Å². The van der Waals surface area contributed by atoms with Crippen LogP contribution in [0.1, 0.15) is 12.0 Å². The summed E-state index contributed by atoms with van der Waals surface area (Å²) in [7, 11) is -1.42. The lowest BCUT2D eigenvalue weighted by molar-refractivity contribution is -0.143. The van der Waals surface area contributed by atoms with Crippen molar-refractivity contribution in [1.29, 1.82) is 0 Å². The van der Waals surface area contributed by atoms with Crippen molar-refractivity contribution in [2.45, 2.75) is 31.7 Å². The summed E-state index contributed by atoms with van der Waals surface area (Å²) in [5.41, 5.74) is -2.99. The predicted molar refractivity (Wildman–Crippen MR) is 72.5 cm³/mol. The highest BCUT2D eigenvalue weighted by molar-refractivity contribution is 6.69. The monoisotopic (exact) mass is 354 g/mol. The molecule has 9 heteroatoms. The van der Waals surface area contributed by atoms with E-state index in [2.05, 4.69) is 4.74 Å².